The zero-order valence-electron chi connectivity index (χ0n) is 25.3. The predicted molar refractivity (Wildman–Crippen MR) is 161 cm³/mol. The molecule has 0 saturated heterocycles. The molecule has 0 fully saturated rings. The van der Waals surface area contributed by atoms with Gasteiger partial charge >= 0.3 is 18.1 Å². The number of esters is 2. The summed E-state index contributed by atoms with van der Waals surface area (Å²) < 4.78 is 57.9. The summed E-state index contributed by atoms with van der Waals surface area (Å²) >= 11 is 0. The smallest absolute Gasteiger partial charge is 0.416 e. The minimum atomic E-state index is -4.69. The van der Waals surface area contributed by atoms with Gasteiger partial charge in [0.2, 0.25) is 0 Å². The SMILES string of the molecule is CCOC(=O)C1=C(N)N(c2cccc(C(F)(F)F)c2)C2=C(C(=O)[C@H](C(=O)OCC)[C@@H](c3cccc(OC)c3)C2)[C@H]1c1cccnc1. The van der Waals surface area contributed by atoms with Gasteiger partial charge in [-0.2, -0.15) is 13.2 Å². The number of allylic oxidation sites excluding steroid dienone is 2. The number of ketones is 1. The number of benzene rings is 2. The van der Waals surface area contributed by atoms with Crippen LogP contribution < -0.4 is 15.4 Å². The molecule has 1 aliphatic carbocycles. The Kier molecular flexibility index (Phi) is 9.17. The Balaban J connectivity index is 1.84. The number of anilines is 1. The van der Waals surface area contributed by atoms with E-state index < -0.39 is 47.2 Å². The fraction of sp³-hybridized carbons (Fsp3) is 0.294. The van der Waals surface area contributed by atoms with Crippen molar-refractivity contribution in [2.24, 2.45) is 11.7 Å². The maximum absolute atomic E-state index is 14.8. The Morgan fingerprint density at radius 1 is 1.00 bits per heavy atom. The summed E-state index contributed by atoms with van der Waals surface area (Å²) in [5.41, 5.74) is 6.81. The number of carbonyl (C=O) groups excluding carboxylic acids is 3. The second-order valence-electron chi connectivity index (χ2n) is 10.7. The highest BCUT2D eigenvalue weighted by Gasteiger charge is 2.51. The number of hydrogen-bond donors (Lipinski definition) is 1. The molecule has 0 bridgehead atoms. The molecular formula is C34H32F3N3O6. The number of nitrogens with two attached hydrogens (primary N) is 1. The molecule has 240 valence electrons. The van der Waals surface area contributed by atoms with Gasteiger partial charge in [-0.3, -0.25) is 19.5 Å². The molecule has 3 atom stereocenters. The molecule has 5 rings (SSSR count). The van der Waals surface area contributed by atoms with Gasteiger partial charge in [0.05, 0.1) is 37.4 Å². The lowest BCUT2D eigenvalue weighted by molar-refractivity contribution is -0.152. The van der Waals surface area contributed by atoms with Gasteiger partial charge in [0.1, 0.15) is 17.5 Å². The van der Waals surface area contributed by atoms with Gasteiger partial charge in [0.15, 0.2) is 5.78 Å². The van der Waals surface area contributed by atoms with Gasteiger partial charge in [0, 0.05) is 35.3 Å². The van der Waals surface area contributed by atoms with Crippen molar-refractivity contribution >= 4 is 23.4 Å². The largest absolute Gasteiger partial charge is 0.497 e. The van der Waals surface area contributed by atoms with Crippen LogP contribution in [0.5, 0.6) is 5.75 Å². The van der Waals surface area contributed by atoms with Gasteiger partial charge in [-0.15, -0.1) is 0 Å². The monoisotopic (exact) mass is 635 g/mol. The van der Waals surface area contributed by atoms with Crippen LogP contribution in [0.25, 0.3) is 0 Å². The maximum Gasteiger partial charge on any atom is 0.416 e. The molecule has 0 saturated carbocycles. The lowest BCUT2D eigenvalue weighted by atomic mass is 9.67. The van der Waals surface area contributed by atoms with E-state index in [1.807, 2.05) is 0 Å². The van der Waals surface area contributed by atoms with Crippen molar-refractivity contribution in [3.8, 4) is 5.75 Å². The summed E-state index contributed by atoms with van der Waals surface area (Å²) in [6.07, 6.45) is -1.75. The van der Waals surface area contributed by atoms with Crippen LogP contribution in [0, 0.1) is 5.92 Å². The van der Waals surface area contributed by atoms with Crippen molar-refractivity contribution in [1.82, 2.24) is 4.98 Å². The van der Waals surface area contributed by atoms with Crippen LogP contribution in [0.3, 0.4) is 0 Å². The Hall–Kier alpha value is -5.13. The number of pyridine rings is 1. The number of ether oxygens (including phenoxy) is 3. The van der Waals surface area contributed by atoms with Crippen molar-refractivity contribution in [2.75, 3.05) is 25.2 Å². The lowest BCUT2D eigenvalue weighted by Crippen LogP contribution is -2.46. The predicted octanol–water partition coefficient (Wildman–Crippen LogP) is 5.64. The number of nitrogens with zero attached hydrogens (tertiary/aromatic N) is 2. The van der Waals surface area contributed by atoms with Gasteiger partial charge in [-0.1, -0.05) is 24.3 Å². The molecule has 1 aliphatic heterocycles. The van der Waals surface area contributed by atoms with E-state index in [0.717, 1.165) is 12.1 Å². The van der Waals surface area contributed by atoms with Crippen LogP contribution in [0.4, 0.5) is 18.9 Å². The zero-order chi connectivity index (χ0) is 33.2. The zero-order valence-corrected chi connectivity index (χ0v) is 25.3. The first-order valence-electron chi connectivity index (χ1n) is 14.6. The number of halogens is 3. The summed E-state index contributed by atoms with van der Waals surface area (Å²) in [5, 5.41) is 0. The summed E-state index contributed by atoms with van der Waals surface area (Å²) in [7, 11) is 1.48. The molecule has 0 radical (unpaired) electrons. The number of aromatic nitrogens is 1. The molecule has 0 amide bonds. The highest BCUT2D eigenvalue weighted by molar-refractivity contribution is 6.14. The van der Waals surface area contributed by atoms with Crippen LogP contribution in [0.1, 0.15) is 48.8 Å². The van der Waals surface area contributed by atoms with Crippen LogP contribution in [-0.2, 0) is 30.0 Å². The Morgan fingerprint density at radius 2 is 1.72 bits per heavy atom. The van der Waals surface area contributed by atoms with E-state index in [1.165, 1.54) is 36.5 Å². The number of alkyl halides is 3. The van der Waals surface area contributed by atoms with E-state index in [9.17, 15) is 27.6 Å². The third-order valence-corrected chi connectivity index (χ3v) is 8.05. The highest BCUT2D eigenvalue weighted by atomic mass is 19.4. The molecule has 2 heterocycles. The third kappa shape index (κ3) is 5.94. The molecule has 12 heteroatoms. The molecule has 3 aromatic rings. The molecule has 1 aromatic heterocycles. The van der Waals surface area contributed by atoms with Crippen molar-refractivity contribution < 1.29 is 41.8 Å². The van der Waals surface area contributed by atoms with E-state index in [4.69, 9.17) is 19.9 Å². The van der Waals surface area contributed by atoms with E-state index in [-0.39, 0.29) is 48.0 Å². The quantitative estimate of drug-likeness (QED) is 0.248. The maximum atomic E-state index is 14.8. The molecule has 46 heavy (non-hydrogen) atoms. The lowest BCUT2D eigenvalue weighted by Gasteiger charge is -2.44. The summed E-state index contributed by atoms with van der Waals surface area (Å²) in [6.45, 7) is 3.17. The Bertz CT molecular complexity index is 1720. The van der Waals surface area contributed by atoms with E-state index in [2.05, 4.69) is 4.98 Å². The molecule has 2 N–H and O–H groups in total. The standard InChI is InChI=1S/C34H32F3N3O6/c1-4-45-32(42)27-24(19-9-6-13-23(15-19)44-3)17-25-28(30(27)41)26(20-10-8-14-39-18-20)29(33(43)46-5-2)31(38)40(25)22-12-7-11-21(16-22)34(35,36)37/h6-16,18,24,26-27H,4-5,17,38H2,1-3H3/t24-,26-,27-/m1/s1. The molecular weight excluding hydrogens is 603 g/mol. The van der Waals surface area contributed by atoms with Crippen LogP contribution in [-0.4, -0.2) is 43.0 Å². The van der Waals surface area contributed by atoms with Crippen molar-refractivity contribution in [2.45, 2.75) is 38.3 Å². The molecule has 2 aliphatic rings. The van der Waals surface area contributed by atoms with Crippen molar-refractivity contribution in [3.05, 3.63) is 112 Å². The Labute approximate surface area is 263 Å². The fourth-order valence-electron chi connectivity index (χ4n) is 6.12. The van der Waals surface area contributed by atoms with Crippen molar-refractivity contribution in [3.63, 3.8) is 0 Å². The average molecular weight is 636 g/mol. The Morgan fingerprint density at radius 3 is 2.37 bits per heavy atom. The molecule has 9 nitrogen and oxygen atoms in total. The first kappa shape index (κ1) is 32.3. The molecule has 2 aromatic carbocycles. The number of Topliss-reactive ketones (excluding diaryl/α,β-unsaturated/α-hetero) is 1. The highest BCUT2D eigenvalue weighted by Crippen LogP contribution is 2.52. The first-order chi connectivity index (χ1) is 22.0. The fourth-order valence-corrected chi connectivity index (χ4v) is 6.12. The van der Waals surface area contributed by atoms with Gasteiger partial charge < -0.3 is 19.9 Å². The van der Waals surface area contributed by atoms with Gasteiger partial charge in [-0.25, -0.2) is 4.79 Å². The number of methoxy groups -OCH3 is 1. The summed E-state index contributed by atoms with van der Waals surface area (Å²) in [5.74, 6) is -5.35. The number of rotatable bonds is 8. The summed E-state index contributed by atoms with van der Waals surface area (Å²) in [6, 6.07) is 14.5. The van der Waals surface area contributed by atoms with Crippen LogP contribution >= 0.6 is 0 Å². The second kappa shape index (κ2) is 13.1. The number of carbonyl (C=O) groups is 3. The third-order valence-electron chi connectivity index (χ3n) is 8.05. The summed E-state index contributed by atoms with van der Waals surface area (Å²) in [4.78, 5) is 47.5. The van der Waals surface area contributed by atoms with E-state index in [1.54, 1.807) is 50.2 Å². The van der Waals surface area contributed by atoms with E-state index in [0.29, 0.717) is 16.9 Å². The second-order valence-corrected chi connectivity index (χ2v) is 10.7. The minimum absolute atomic E-state index is 0.00265. The van der Waals surface area contributed by atoms with E-state index >= 15 is 0 Å². The van der Waals surface area contributed by atoms with Gasteiger partial charge in [0.25, 0.3) is 0 Å². The van der Waals surface area contributed by atoms with Crippen LogP contribution in [0.2, 0.25) is 0 Å². The number of hydrogen-bond acceptors (Lipinski definition) is 9. The topological polar surface area (TPSA) is 121 Å². The normalized spacial score (nSPS) is 19.9. The minimum Gasteiger partial charge on any atom is -0.497 e. The molecule has 0 unspecified atom stereocenters. The average Bonchev–Trinajstić information content (AvgIpc) is 3.04. The van der Waals surface area contributed by atoms with Crippen molar-refractivity contribution in [1.29, 1.82) is 0 Å². The van der Waals surface area contributed by atoms with Crippen LogP contribution in [0.15, 0.2) is 95.7 Å². The van der Waals surface area contributed by atoms with Gasteiger partial charge in [-0.05, 0) is 67.8 Å². The first-order valence-corrected chi connectivity index (χ1v) is 14.6. The molecule has 0 spiro atoms.